The zero-order valence-corrected chi connectivity index (χ0v) is 16.2. The number of fused-ring (bicyclic) bond motifs is 2. The van der Waals surface area contributed by atoms with Crippen LogP contribution in [0.1, 0.15) is 77.6 Å². The molecule has 2 fully saturated rings. The topological polar surface area (TPSA) is 66.8 Å². The lowest BCUT2D eigenvalue weighted by Gasteiger charge is -2.28. The van der Waals surface area contributed by atoms with Crippen LogP contribution in [0, 0.1) is 11.8 Å². The van der Waals surface area contributed by atoms with Crippen molar-refractivity contribution in [1.29, 1.82) is 0 Å². The molecule has 26 heavy (non-hydrogen) atoms. The number of allylic oxidation sites excluding steroid dienone is 3. The van der Waals surface area contributed by atoms with Crippen molar-refractivity contribution in [3.63, 3.8) is 0 Å². The summed E-state index contributed by atoms with van der Waals surface area (Å²) in [5, 5.41) is 18.9. The first kappa shape index (κ1) is 21.2. The van der Waals surface area contributed by atoms with E-state index in [1.807, 2.05) is 12.2 Å². The summed E-state index contributed by atoms with van der Waals surface area (Å²) in [4.78, 5) is 10.5. The van der Waals surface area contributed by atoms with Crippen molar-refractivity contribution in [2.75, 3.05) is 0 Å². The van der Waals surface area contributed by atoms with Crippen molar-refractivity contribution in [3.8, 4) is 0 Å². The van der Waals surface area contributed by atoms with Crippen LogP contribution in [0.2, 0.25) is 0 Å². The highest BCUT2D eigenvalue weighted by Gasteiger charge is 2.47. The summed E-state index contributed by atoms with van der Waals surface area (Å²) in [6.45, 7) is 2.21. The Kier molecular flexibility index (Phi) is 9.41. The average molecular weight is 365 g/mol. The van der Waals surface area contributed by atoms with E-state index in [4.69, 9.17) is 9.84 Å². The van der Waals surface area contributed by atoms with Gasteiger partial charge in [0.2, 0.25) is 0 Å². The number of rotatable bonds is 13. The summed E-state index contributed by atoms with van der Waals surface area (Å²) in [6, 6.07) is 0. The quantitative estimate of drug-likeness (QED) is 0.361. The molecule has 2 heterocycles. The predicted octanol–water partition coefficient (Wildman–Crippen LogP) is 4.87. The summed E-state index contributed by atoms with van der Waals surface area (Å²) >= 11 is 0. The van der Waals surface area contributed by atoms with E-state index in [9.17, 15) is 9.90 Å². The molecule has 2 rings (SSSR count). The zero-order chi connectivity index (χ0) is 18.8. The number of aliphatic hydroxyl groups is 1. The molecule has 1 unspecified atom stereocenters. The van der Waals surface area contributed by atoms with Crippen LogP contribution in [-0.4, -0.2) is 34.5 Å². The van der Waals surface area contributed by atoms with Crippen LogP contribution in [0.15, 0.2) is 24.3 Å². The number of unbranched alkanes of at least 4 members (excludes halogenated alkanes) is 3. The SMILES string of the molecule is CCCCCCC(O)CC[C@@H]1[C@H](CC=CC=CCC(=O)O)[C@@H]2CC[C@H]1O2. The highest BCUT2D eigenvalue weighted by molar-refractivity contribution is 5.68. The number of aliphatic hydroxyl groups excluding tert-OH is 1. The maximum Gasteiger partial charge on any atom is 0.307 e. The first-order valence-electron chi connectivity index (χ1n) is 10.5. The molecule has 4 heteroatoms. The zero-order valence-electron chi connectivity index (χ0n) is 16.2. The fourth-order valence-electron chi connectivity index (χ4n) is 4.49. The lowest BCUT2D eigenvalue weighted by molar-refractivity contribution is -0.136. The number of aliphatic carboxylic acids is 1. The summed E-state index contributed by atoms with van der Waals surface area (Å²) in [5.74, 6) is 0.307. The molecule has 0 saturated carbocycles. The van der Waals surface area contributed by atoms with Crippen LogP contribution in [0.5, 0.6) is 0 Å². The van der Waals surface area contributed by atoms with E-state index in [-0.39, 0.29) is 12.5 Å². The van der Waals surface area contributed by atoms with E-state index < -0.39 is 5.97 Å². The van der Waals surface area contributed by atoms with Crippen molar-refractivity contribution in [3.05, 3.63) is 24.3 Å². The Morgan fingerprint density at radius 1 is 1.08 bits per heavy atom. The standard InChI is InChI=1S/C22H36O4/c1-2-3-4-7-10-17(23)13-14-19-18(20-15-16-21(19)26-20)11-8-5-6-9-12-22(24)25/h5-6,8-9,17-21,23H,2-4,7,10-16H2,1H3,(H,24,25)/t17?,18-,19+,20-,21+/m0/s1. The Hall–Kier alpha value is -1.13. The summed E-state index contributed by atoms with van der Waals surface area (Å²) in [5.41, 5.74) is 0. The molecule has 0 spiro atoms. The lowest BCUT2D eigenvalue weighted by atomic mass is 9.75. The molecule has 2 saturated heterocycles. The highest BCUT2D eigenvalue weighted by atomic mass is 16.5. The van der Waals surface area contributed by atoms with E-state index in [1.165, 1.54) is 25.7 Å². The van der Waals surface area contributed by atoms with Crippen LogP contribution in [0.4, 0.5) is 0 Å². The van der Waals surface area contributed by atoms with Crippen LogP contribution < -0.4 is 0 Å². The first-order valence-corrected chi connectivity index (χ1v) is 10.5. The molecule has 0 radical (unpaired) electrons. The van der Waals surface area contributed by atoms with Crippen LogP contribution in [0.3, 0.4) is 0 Å². The maximum absolute atomic E-state index is 10.5. The Morgan fingerprint density at radius 3 is 2.54 bits per heavy atom. The third kappa shape index (κ3) is 6.88. The van der Waals surface area contributed by atoms with E-state index in [0.29, 0.717) is 24.0 Å². The van der Waals surface area contributed by atoms with Gasteiger partial charge < -0.3 is 14.9 Å². The third-order valence-electron chi connectivity index (χ3n) is 5.90. The average Bonchev–Trinajstić information content (AvgIpc) is 3.21. The Bertz CT molecular complexity index is 471. The normalized spacial score (nSPS) is 29.2. The van der Waals surface area contributed by atoms with Crippen molar-refractivity contribution < 1.29 is 19.7 Å². The minimum atomic E-state index is -0.801. The van der Waals surface area contributed by atoms with Gasteiger partial charge in [0.25, 0.3) is 0 Å². The van der Waals surface area contributed by atoms with E-state index in [0.717, 1.165) is 38.5 Å². The fourth-order valence-corrected chi connectivity index (χ4v) is 4.49. The van der Waals surface area contributed by atoms with Crippen LogP contribution in [-0.2, 0) is 9.53 Å². The molecule has 0 aromatic rings. The minimum absolute atomic E-state index is 0.0698. The van der Waals surface area contributed by atoms with Gasteiger partial charge >= 0.3 is 5.97 Å². The second kappa shape index (κ2) is 11.6. The lowest BCUT2D eigenvalue weighted by Crippen LogP contribution is -2.27. The van der Waals surface area contributed by atoms with Crippen molar-refractivity contribution in [2.24, 2.45) is 11.8 Å². The second-order valence-corrected chi connectivity index (χ2v) is 7.89. The molecular formula is C22H36O4. The molecule has 2 aliphatic rings. The molecule has 0 amide bonds. The first-order chi connectivity index (χ1) is 12.6. The van der Waals surface area contributed by atoms with Crippen LogP contribution in [0.25, 0.3) is 0 Å². The molecule has 2 N–H and O–H groups in total. The van der Waals surface area contributed by atoms with Gasteiger partial charge in [-0.15, -0.1) is 0 Å². The molecule has 0 aliphatic carbocycles. The van der Waals surface area contributed by atoms with Gasteiger partial charge in [-0.1, -0.05) is 56.9 Å². The largest absolute Gasteiger partial charge is 0.481 e. The molecular weight excluding hydrogens is 328 g/mol. The minimum Gasteiger partial charge on any atom is -0.481 e. The molecule has 5 atom stereocenters. The molecule has 0 aromatic carbocycles. The Balaban J connectivity index is 1.72. The number of carboxylic acids is 1. The van der Waals surface area contributed by atoms with Gasteiger partial charge in [0.15, 0.2) is 0 Å². The van der Waals surface area contributed by atoms with Crippen molar-refractivity contribution >= 4 is 5.97 Å². The van der Waals surface area contributed by atoms with Gasteiger partial charge in [-0.2, -0.15) is 0 Å². The van der Waals surface area contributed by atoms with Crippen molar-refractivity contribution in [2.45, 2.75) is 95.9 Å². The summed E-state index contributed by atoms with van der Waals surface area (Å²) in [6.07, 6.45) is 19.3. The molecule has 2 bridgehead atoms. The van der Waals surface area contributed by atoms with Crippen LogP contribution >= 0.6 is 0 Å². The third-order valence-corrected chi connectivity index (χ3v) is 5.90. The number of ether oxygens (including phenoxy) is 1. The van der Waals surface area contributed by atoms with Gasteiger partial charge in [0, 0.05) is 0 Å². The van der Waals surface area contributed by atoms with Gasteiger partial charge in [0.05, 0.1) is 24.7 Å². The predicted molar refractivity (Wildman–Crippen MR) is 104 cm³/mol. The van der Waals surface area contributed by atoms with E-state index >= 15 is 0 Å². The highest BCUT2D eigenvalue weighted by Crippen LogP contribution is 2.47. The van der Waals surface area contributed by atoms with Gasteiger partial charge in [0.1, 0.15) is 0 Å². The number of carboxylic acid groups (broad SMARTS) is 1. The molecule has 4 nitrogen and oxygen atoms in total. The summed E-state index contributed by atoms with van der Waals surface area (Å²) in [7, 11) is 0. The van der Waals surface area contributed by atoms with Gasteiger partial charge in [-0.05, 0) is 50.4 Å². The number of hydrogen-bond donors (Lipinski definition) is 2. The monoisotopic (exact) mass is 364 g/mol. The van der Waals surface area contributed by atoms with Crippen molar-refractivity contribution in [1.82, 2.24) is 0 Å². The van der Waals surface area contributed by atoms with E-state index in [1.54, 1.807) is 6.08 Å². The molecule has 148 valence electrons. The maximum atomic E-state index is 10.5. The Morgan fingerprint density at radius 2 is 1.81 bits per heavy atom. The molecule has 2 aliphatic heterocycles. The fraction of sp³-hybridized carbons (Fsp3) is 0.773. The van der Waals surface area contributed by atoms with E-state index in [2.05, 4.69) is 13.0 Å². The summed E-state index contributed by atoms with van der Waals surface area (Å²) < 4.78 is 6.14. The number of carbonyl (C=O) groups is 1. The number of hydrogen-bond acceptors (Lipinski definition) is 3. The van der Waals surface area contributed by atoms with Gasteiger partial charge in [-0.3, -0.25) is 4.79 Å². The van der Waals surface area contributed by atoms with Gasteiger partial charge in [-0.25, -0.2) is 0 Å². The molecule has 0 aromatic heterocycles. The smallest absolute Gasteiger partial charge is 0.307 e. The second-order valence-electron chi connectivity index (χ2n) is 7.89. The Labute approximate surface area is 158 Å².